The molecule has 3 N–H and O–H groups in total. The van der Waals surface area contributed by atoms with Gasteiger partial charge in [-0.2, -0.15) is 11.8 Å². The van der Waals surface area contributed by atoms with Crippen LogP contribution in [0.25, 0.3) is 11.3 Å². The van der Waals surface area contributed by atoms with Crippen LogP contribution >= 0.6 is 11.8 Å². The van der Waals surface area contributed by atoms with Crippen molar-refractivity contribution in [3.8, 4) is 11.3 Å². The molecule has 0 fully saturated rings. The average molecular weight is 420 g/mol. The fourth-order valence-corrected chi connectivity index (χ4v) is 5.27. The highest BCUT2D eigenvalue weighted by molar-refractivity contribution is 7.99. The van der Waals surface area contributed by atoms with Crippen LogP contribution in [0.2, 0.25) is 0 Å². The fraction of sp³-hybridized carbons (Fsp3) is 0.360. The number of nitrogen functional groups attached to an aromatic ring is 1. The average Bonchev–Trinajstić information content (AvgIpc) is 3.05. The van der Waals surface area contributed by atoms with Crippen LogP contribution in [-0.2, 0) is 12.8 Å². The van der Waals surface area contributed by atoms with Gasteiger partial charge in [-0.1, -0.05) is 51.1 Å². The van der Waals surface area contributed by atoms with Crippen LogP contribution in [0.3, 0.4) is 0 Å². The van der Waals surface area contributed by atoms with Gasteiger partial charge in [0.2, 0.25) is 0 Å². The minimum absolute atomic E-state index is 0.0254. The van der Waals surface area contributed by atoms with Gasteiger partial charge >= 0.3 is 0 Å². The van der Waals surface area contributed by atoms with Crippen LogP contribution < -0.4 is 5.73 Å². The minimum atomic E-state index is -0.0254. The smallest absolute Gasteiger partial charge is 0.165 e. The molecular formula is C25H29N3OS. The second-order valence-electron chi connectivity index (χ2n) is 8.91. The second kappa shape index (κ2) is 8.31. The summed E-state index contributed by atoms with van der Waals surface area (Å²) in [4.78, 5) is 21.2. The van der Waals surface area contributed by atoms with E-state index < -0.39 is 0 Å². The summed E-state index contributed by atoms with van der Waals surface area (Å²) < 4.78 is 0. The van der Waals surface area contributed by atoms with Crippen molar-refractivity contribution in [3.05, 3.63) is 71.0 Å². The van der Waals surface area contributed by atoms with Gasteiger partial charge in [0.25, 0.3) is 0 Å². The molecule has 0 saturated carbocycles. The summed E-state index contributed by atoms with van der Waals surface area (Å²) in [5, 5.41) is 0.561. The predicted molar refractivity (Wildman–Crippen MR) is 126 cm³/mol. The maximum absolute atomic E-state index is 13.4. The first-order chi connectivity index (χ1) is 14.3. The summed E-state index contributed by atoms with van der Waals surface area (Å²) in [7, 11) is 0. The van der Waals surface area contributed by atoms with Crippen molar-refractivity contribution in [1.29, 1.82) is 0 Å². The van der Waals surface area contributed by atoms with Gasteiger partial charge in [-0.05, 0) is 46.1 Å². The Hall–Kier alpha value is -2.53. The Balaban J connectivity index is 1.79. The lowest BCUT2D eigenvalue weighted by molar-refractivity contribution is 0.0913. The number of benzene rings is 1. The number of ketones is 1. The molecular weight excluding hydrogens is 390 g/mol. The number of rotatable bonds is 6. The molecule has 5 heteroatoms. The van der Waals surface area contributed by atoms with Gasteiger partial charge in [0.1, 0.15) is 5.82 Å². The van der Waals surface area contributed by atoms with Crippen molar-refractivity contribution in [1.82, 2.24) is 9.97 Å². The lowest BCUT2D eigenvalue weighted by Crippen LogP contribution is -2.32. The van der Waals surface area contributed by atoms with E-state index in [4.69, 9.17) is 5.73 Å². The molecule has 1 aliphatic rings. The van der Waals surface area contributed by atoms with Crippen molar-refractivity contribution >= 4 is 23.4 Å². The van der Waals surface area contributed by atoms with E-state index in [9.17, 15) is 4.79 Å². The first-order valence-corrected chi connectivity index (χ1v) is 11.5. The molecule has 0 spiro atoms. The summed E-state index contributed by atoms with van der Waals surface area (Å²) in [6.07, 6.45) is 3.92. The molecule has 0 radical (unpaired) electrons. The largest absolute Gasteiger partial charge is 0.384 e. The third-order valence-electron chi connectivity index (χ3n) is 5.71. The zero-order valence-electron chi connectivity index (χ0n) is 17.9. The van der Waals surface area contributed by atoms with Crippen LogP contribution in [-0.4, -0.2) is 26.8 Å². The molecule has 2 heterocycles. The molecule has 156 valence electrons. The van der Waals surface area contributed by atoms with Gasteiger partial charge in [0, 0.05) is 35.9 Å². The Labute approximate surface area is 182 Å². The Bertz CT molecular complexity index is 1060. The molecule has 1 atom stereocenters. The molecule has 0 bridgehead atoms. The normalized spacial score (nSPS) is 18.6. The monoisotopic (exact) mass is 419 g/mol. The third kappa shape index (κ3) is 4.31. The Kier molecular flexibility index (Phi) is 5.74. The van der Waals surface area contributed by atoms with Crippen molar-refractivity contribution < 1.29 is 4.79 Å². The number of carbonyl (C=O) groups excluding carboxylic acids is 1. The number of carbonyl (C=O) groups is 1. The number of nitrogens with one attached hydrogen (secondary N) is 1. The number of fused-ring (bicyclic) bond motifs is 1. The number of pyridine rings is 1. The molecule has 2 aromatic heterocycles. The Morgan fingerprint density at radius 1 is 1.20 bits per heavy atom. The first-order valence-electron chi connectivity index (χ1n) is 10.5. The molecule has 1 aliphatic carbocycles. The van der Waals surface area contributed by atoms with Gasteiger partial charge in [-0.15, -0.1) is 0 Å². The van der Waals surface area contributed by atoms with Gasteiger partial charge in [0.15, 0.2) is 5.78 Å². The van der Waals surface area contributed by atoms with E-state index in [1.165, 1.54) is 5.56 Å². The Morgan fingerprint density at radius 2 is 1.97 bits per heavy atom. The van der Waals surface area contributed by atoms with Crippen LogP contribution in [0, 0.1) is 5.41 Å². The standard InChI is InChI=1S/C25H29N3OS/c1-16(2)30-15-25(3)13-20-23(21(29)14-25)19(11-17-7-5-4-6-8-17)24(28-20)18-9-10-27-22(26)12-18/h4-10,12,16,28H,11,13-15H2,1-3H3,(H2,26,27). The van der Waals surface area contributed by atoms with Crippen LogP contribution in [0.4, 0.5) is 5.82 Å². The predicted octanol–water partition coefficient (Wildman–Crippen LogP) is 5.53. The van der Waals surface area contributed by atoms with Gasteiger partial charge in [0.05, 0.1) is 5.69 Å². The molecule has 1 aromatic carbocycles. The van der Waals surface area contributed by atoms with E-state index in [1.807, 2.05) is 42.1 Å². The van der Waals surface area contributed by atoms with E-state index in [-0.39, 0.29) is 11.2 Å². The van der Waals surface area contributed by atoms with E-state index in [1.54, 1.807) is 6.20 Å². The summed E-state index contributed by atoms with van der Waals surface area (Å²) in [5.74, 6) is 1.72. The summed E-state index contributed by atoms with van der Waals surface area (Å²) in [6, 6.07) is 14.2. The number of H-pyrrole nitrogens is 1. The molecule has 30 heavy (non-hydrogen) atoms. The SMILES string of the molecule is CC(C)SCC1(C)CC(=O)c2c([nH]c(-c3ccnc(N)c3)c2Cc2ccccc2)C1. The van der Waals surface area contributed by atoms with Gasteiger partial charge in [-0.3, -0.25) is 4.79 Å². The summed E-state index contributed by atoms with van der Waals surface area (Å²) in [6.45, 7) is 6.66. The van der Waals surface area contributed by atoms with E-state index >= 15 is 0 Å². The molecule has 0 aliphatic heterocycles. The zero-order chi connectivity index (χ0) is 21.3. The summed E-state index contributed by atoms with van der Waals surface area (Å²) in [5.41, 5.74) is 12.1. The molecule has 0 amide bonds. The third-order valence-corrected chi connectivity index (χ3v) is 7.24. The number of aromatic amines is 1. The second-order valence-corrected chi connectivity index (χ2v) is 10.5. The molecule has 4 nitrogen and oxygen atoms in total. The minimum Gasteiger partial charge on any atom is -0.384 e. The summed E-state index contributed by atoms with van der Waals surface area (Å²) >= 11 is 1.93. The molecule has 3 aromatic rings. The molecule has 0 saturated heterocycles. The molecule has 4 rings (SSSR count). The quantitative estimate of drug-likeness (QED) is 0.551. The molecule has 1 unspecified atom stereocenters. The number of aromatic nitrogens is 2. The number of nitrogens with two attached hydrogens (primary N) is 1. The number of nitrogens with zero attached hydrogens (tertiary/aromatic N) is 1. The van der Waals surface area contributed by atoms with Crippen LogP contribution in [0.15, 0.2) is 48.7 Å². The fourth-order valence-electron chi connectivity index (χ4n) is 4.33. The number of thioether (sulfide) groups is 1. The lowest BCUT2D eigenvalue weighted by atomic mass is 9.75. The number of hydrogen-bond acceptors (Lipinski definition) is 4. The van der Waals surface area contributed by atoms with Crippen molar-refractivity contribution in [3.63, 3.8) is 0 Å². The maximum atomic E-state index is 13.4. The number of hydrogen-bond donors (Lipinski definition) is 2. The van der Waals surface area contributed by atoms with E-state index in [2.05, 4.69) is 42.9 Å². The number of anilines is 1. The highest BCUT2D eigenvalue weighted by atomic mass is 32.2. The van der Waals surface area contributed by atoms with Gasteiger partial charge in [-0.25, -0.2) is 4.98 Å². The van der Waals surface area contributed by atoms with Crippen molar-refractivity contribution in [2.75, 3.05) is 11.5 Å². The van der Waals surface area contributed by atoms with E-state index in [0.29, 0.717) is 23.9 Å². The van der Waals surface area contributed by atoms with Crippen LogP contribution in [0.5, 0.6) is 0 Å². The highest BCUT2D eigenvalue weighted by Crippen LogP contribution is 2.42. The zero-order valence-corrected chi connectivity index (χ0v) is 18.7. The van der Waals surface area contributed by atoms with Gasteiger partial charge < -0.3 is 10.7 Å². The highest BCUT2D eigenvalue weighted by Gasteiger charge is 2.38. The first kappa shape index (κ1) is 20.7. The van der Waals surface area contributed by atoms with Crippen LogP contribution in [0.1, 0.15) is 54.4 Å². The van der Waals surface area contributed by atoms with E-state index in [0.717, 1.165) is 40.3 Å². The maximum Gasteiger partial charge on any atom is 0.165 e. The topological polar surface area (TPSA) is 71.8 Å². The van der Waals surface area contributed by atoms with Crippen molar-refractivity contribution in [2.24, 2.45) is 5.41 Å². The Morgan fingerprint density at radius 3 is 2.67 bits per heavy atom. The number of Topliss-reactive ketones (excluding diaryl/α,β-unsaturated/α-hetero) is 1. The lowest BCUT2D eigenvalue weighted by Gasteiger charge is -2.33. The van der Waals surface area contributed by atoms with Crippen molar-refractivity contribution in [2.45, 2.75) is 45.3 Å².